The van der Waals surface area contributed by atoms with Crippen LogP contribution in [0, 0.1) is 0 Å². The Morgan fingerprint density at radius 1 is 0.941 bits per heavy atom. The van der Waals surface area contributed by atoms with Crippen molar-refractivity contribution in [3.63, 3.8) is 0 Å². The lowest BCUT2D eigenvalue weighted by Gasteiger charge is -2.31. The van der Waals surface area contributed by atoms with Gasteiger partial charge in [-0.3, -0.25) is 14.9 Å². The second-order valence-electron chi connectivity index (χ2n) is 8.87. The number of methoxy groups -OCH3 is 1. The van der Waals surface area contributed by atoms with Crippen molar-refractivity contribution in [2.24, 2.45) is 0 Å². The number of hydrogen-bond donors (Lipinski definition) is 1. The molecular formula is C27H32Br2N4O. The summed E-state index contributed by atoms with van der Waals surface area (Å²) < 4.78 is 7.36. The first-order valence-corrected chi connectivity index (χ1v) is 13.5. The highest BCUT2D eigenvalue weighted by Crippen LogP contribution is 2.39. The van der Waals surface area contributed by atoms with Gasteiger partial charge in [0, 0.05) is 51.9 Å². The van der Waals surface area contributed by atoms with Crippen molar-refractivity contribution in [3.05, 3.63) is 86.8 Å². The largest absolute Gasteiger partial charge is 0.497 e. The first kappa shape index (κ1) is 25.3. The second kappa shape index (κ2) is 12.2. The molecule has 0 saturated carbocycles. The summed E-state index contributed by atoms with van der Waals surface area (Å²) in [4.78, 5) is 11.0. The van der Waals surface area contributed by atoms with Gasteiger partial charge in [-0.25, -0.2) is 0 Å². The number of ether oxygens (including phenoxy) is 1. The number of benzene rings is 1. The maximum absolute atomic E-state index is 5.25. The lowest BCUT2D eigenvalue weighted by molar-refractivity contribution is 0.193. The quantitative estimate of drug-likeness (QED) is 0.347. The molecule has 2 aliphatic rings. The van der Waals surface area contributed by atoms with Crippen LogP contribution < -0.4 is 10.1 Å². The first-order valence-electron chi connectivity index (χ1n) is 11.9. The molecule has 2 fully saturated rings. The van der Waals surface area contributed by atoms with Crippen molar-refractivity contribution in [1.82, 2.24) is 20.2 Å². The Morgan fingerprint density at radius 3 is 2.24 bits per heavy atom. The predicted molar refractivity (Wildman–Crippen MR) is 144 cm³/mol. The van der Waals surface area contributed by atoms with Gasteiger partial charge in [0.2, 0.25) is 0 Å². The number of halogens is 2. The lowest BCUT2D eigenvalue weighted by atomic mass is 10.0. The molecule has 2 aromatic heterocycles. The summed E-state index contributed by atoms with van der Waals surface area (Å²) in [5.41, 5.74) is 3.92. The number of likely N-dealkylation sites (tertiary alicyclic amines) is 1. The van der Waals surface area contributed by atoms with Crippen LogP contribution in [0.1, 0.15) is 67.4 Å². The Kier molecular flexibility index (Phi) is 9.11. The number of nitrogens with one attached hydrogen (secondary N) is 1. The SMILES string of the molecule is Brc1cncc([C@@H]2CCCN2)c1.COc1ccc([C@@H](C)N2CCC[C@H]2c2cncc(Br)c2)cc1. The van der Waals surface area contributed by atoms with Gasteiger partial charge in [0.1, 0.15) is 5.75 Å². The molecular weight excluding hydrogens is 556 g/mol. The van der Waals surface area contributed by atoms with Crippen LogP contribution in [0.3, 0.4) is 0 Å². The van der Waals surface area contributed by atoms with Gasteiger partial charge in [0.25, 0.3) is 0 Å². The van der Waals surface area contributed by atoms with Crippen LogP contribution in [-0.4, -0.2) is 35.1 Å². The molecule has 3 aromatic rings. The zero-order valence-corrected chi connectivity index (χ0v) is 22.9. The average molecular weight is 588 g/mol. The van der Waals surface area contributed by atoms with E-state index in [1.807, 2.05) is 36.9 Å². The van der Waals surface area contributed by atoms with Gasteiger partial charge in [-0.2, -0.15) is 0 Å². The zero-order valence-electron chi connectivity index (χ0n) is 19.8. The number of aromatic nitrogens is 2. The van der Waals surface area contributed by atoms with Crippen molar-refractivity contribution < 1.29 is 4.74 Å². The zero-order chi connectivity index (χ0) is 23.9. The fraction of sp³-hybridized carbons (Fsp3) is 0.407. The van der Waals surface area contributed by atoms with Crippen LogP contribution in [0.4, 0.5) is 0 Å². The predicted octanol–water partition coefficient (Wildman–Crippen LogP) is 7.02. The lowest BCUT2D eigenvalue weighted by Crippen LogP contribution is -2.26. The molecule has 1 aromatic carbocycles. The summed E-state index contributed by atoms with van der Waals surface area (Å²) in [7, 11) is 1.70. The van der Waals surface area contributed by atoms with E-state index < -0.39 is 0 Å². The van der Waals surface area contributed by atoms with E-state index in [0.29, 0.717) is 18.1 Å². The third-order valence-electron chi connectivity index (χ3n) is 6.69. The molecule has 4 heterocycles. The minimum atomic E-state index is 0.386. The molecule has 5 rings (SSSR count). The molecule has 0 spiro atoms. The maximum Gasteiger partial charge on any atom is 0.118 e. The number of pyridine rings is 2. The molecule has 7 heteroatoms. The first-order chi connectivity index (χ1) is 16.5. The van der Waals surface area contributed by atoms with Crippen LogP contribution in [0.25, 0.3) is 0 Å². The van der Waals surface area contributed by atoms with Gasteiger partial charge >= 0.3 is 0 Å². The van der Waals surface area contributed by atoms with E-state index in [0.717, 1.165) is 27.8 Å². The normalized spacial score (nSPS) is 21.1. The molecule has 0 unspecified atom stereocenters. The van der Waals surface area contributed by atoms with Crippen LogP contribution in [0.2, 0.25) is 0 Å². The Hall–Kier alpha value is -1.80. The second-order valence-corrected chi connectivity index (χ2v) is 10.7. The molecule has 0 amide bonds. The Labute approximate surface area is 219 Å². The summed E-state index contributed by atoms with van der Waals surface area (Å²) >= 11 is 6.95. The highest BCUT2D eigenvalue weighted by molar-refractivity contribution is 9.10. The number of hydrogen-bond acceptors (Lipinski definition) is 5. The van der Waals surface area contributed by atoms with Gasteiger partial charge in [-0.05, 0) is 119 Å². The number of rotatable bonds is 5. The standard InChI is InChI=1S/C18H21BrN2O.C9H11BrN2/c1-13(14-5-7-17(22-2)8-6-14)21-9-3-4-18(21)15-10-16(19)12-20-11-15;10-8-4-7(5-11-6-8)9-2-1-3-12-9/h5-8,10-13,18H,3-4,9H2,1-2H3;4-6,9,12H,1-3H2/t13-,18+;9-/m10/s1. The van der Waals surface area contributed by atoms with Crippen molar-refractivity contribution in [2.45, 2.75) is 50.7 Å². The molecule has 5 nitrogen and oxygen atoms in total. The molecule has 180 valence electrons. The van der Waals surface area contributed by atoms with E-state index in [1.165, 1.54) is 42.4 Å². The van der Waals surface area contributed by atoms with Crippen molar-refractivity contribution in [1.29, 1.82) is 0 Å². The molecule has 2 aliphatic heterocycles. The highest BCUT2D eigenvalue weighted by atomic mass is 79.9. The topological polar surface area (TPSA) is 50.3 Å². The van der Waals surface area contributed by atoms with E-state index in [4.69, 9.17) is 4.74 Å². The highest BCUT2D eigenvalue weighted by Gasteiger charge is 2.30. The minimum absolute atomic E-state index is 0.386. The summed E-state index contributed by atoms with van der Waals surface area (Å²) in [5.74, 6) is 0.908. The van der Waals surface area contributed by atoms with E-state index in [-0.39, 0.29) is 0 Å². The minimum Gasteiger partial charge on any atom is -0.497 e. The molecule has 0 bridgehead atoms. The smallest absolute Gasteiger partial charge is 0.118 e. The third-order valence-corrected chi connectivity index (χ3v) is 7.56. The van der Waals surface area contributed by atoms with Crippen LogP contribution in [-0.2, 0) is 0 Å². The van der Waals surface area contributed by atoms with E-state index in [2.05, 4.69) is 83.2 Å². The fourth-order valence-electron chi connectivity index (χ4n) is 4.88. The molecule has 3 atom stereocenters. The van der Waals surface area contributed by atoms with Crippen LogP contribution in [0.15, 0.2) is 70.1 Å². The van der Waals surface area contributed by atoms with Crippen molar-refractivity contribution in [3.8, 4) is 5.75 Å². The fourth-order valence-corrected chi connectivity index (χ4v) is 5.65. The van der Waals surface area contributed by atoms with Gasteiger partial charge in [-0.15, -0.1) is 0 Å². The van der Waals surface area contributed by atoms with E-state index >= 15 is 0 Å². The van der Waals surface area contributed by atoms with Crippen LogP contribution >= 0.6 is 31.9 Å². The number of nitrogens with zero attached hydrogens (tertiary/aromatic N) is 3. The molecule has 0 aliphatic carbocycles. The average Bonchev–Trinajstić information content (AvgIpc) is 3.57. The summed E-state index contributed by atoms with van der Waals surface area (Å²) in [6.07, 6.45) is 12.5. The van der Waals surface area contributed by atoms with Gasteiger partial charge in [0.05, 0.1) is 7.11 Å². The Bertz CT molecular complexity index is 1060. The molecule has 1 N–H and O–H groups in total. The Morgan fingerprint density at radius 2 is 1.62 bits per heavy atom. The molecule has 0 radical (unpaired) electrons. The molecule has 2 saturated heterocycles. The summed E-state index contributed by atoms with van der Waals surface area (Å²) in [6.45, 7) is 4.55. The Balaban J connectivity index is 0.000000192. The maximum atomic E-state index is 5.25. The third kappa shape index (κ3) is 6.45. The van der Waals surface area contributed by atoms with E-state index in [1.54, 1.807) is 7.11 Å². The van der Waals surface area contributed by atoms with Gasteiger partial charge in [-0.1, -0.05) is 12.1 Å². The summed E-state index contributed by atoms with van der Waals surface area (Å²) in [5, 5.41) is 3.44. The van der Waals surface area contributed by atoms with Gasteiger partial charge < -0.3 is 10.1 Å². The monoisotopic (exact) mass is 586 g/mol. The van der Waals surface area contributed by atoms with Gasteiger partial charge in [0.15, 0.2) is 0 Å². The van der Waals surface area contributed by atoms with E-state index in [9.17, 15) is 0 Å². The van der Waals surface area contributed by atoms with Crippen molar-refractivity contribution in [2.75, 3.05) is 20.2 Å². The summed E-state index contributed by atoms with van der Waals surface area (Å²) in [6, 6.07) is 14.1. The van der Waals surface area contributed by atoms with Crippen molar-refractivity contribution >= 4 is 31.9 Å². The van der Waals surface area contributed by atoms with Crippen LogP contribution in [0.5, 0.6) is 5.75 Å². The molecule has 34 heavy (non-hydrogen) atoms.